The molecule has 2 N–H and O–H groups in total. The summed E-state index contributed by atoms with van der Waals surface area (Å²) in [5.74, 6) is -1.66. The number of H-pyrrole nitrogens is 1. The number of aromatic amines is 1. The van der Waals surface area contributed by atoms with Gasteiger partial charge in [-0.15, -0.1) is 11.8 Å². The molecule has 0 radical (unpaired) electrons. The van der Waals surface area contributed by atoms with Gasteiger partial charge in [-0.05, 0) is 85.2 Å². The third-order valence-corrected chi connectivity index (χ3v) is 12.9. The van der Waals surface area contributed by atoms with Gasteiger partial charge in [-0.3, -0.25) is 24.1 Å². The van der Waals surface area contributed by atoms with Gasteiger partial charge in [0.25, 0.3) is 5.91 Å². The standard InChI is InChI=1S/C37H33N3O8S2/c1-3-47-36(44)18-9-12-21(13-10-18)40-34(42)29-22-16-23(30(29)35(40)43)31-28(22)27(32-33(49-31)39-37(45)50-32)19-11-14-24(25(15-19)46-2)48-17-26(41)38-20-7-5-4-6-8-20/h4-15,22-23,27-31H,3,16-17H2,1-2H3,(H,38,41)(H,39,45)/t22-,23-,27-,28?,29?,30?,31?/m1/s1. The zero-order valence-electron chi connectivity index (χ0n) is 27.1. The smallest absolute Gasteiger partial charge is 0.338 e. The molecule has 3 heterocycles. The van der Waals surface area contributed by atoms with Gasteiger partial charge in [0.05, 0.1) is 41.8 Å². The van der Waals surface area contributed by atoms with Crippen LogP contribution in [0.5, 0.6) is 11.5 Å². The van der Waals surface area contributed by atoms with Gasteiger partial charge in [-0.25, -0.2) is 4.79 Å². The fourth-order valence-corrected chi connectivity index (χ4v) is 11.4. The lowest BCUT2D eigenvalue weighted by molar-refractivity contribution is -0.123. The maximum absolute atomic E-state index is 14.1. The van der Waals surface area contributed by atoms with Crippen molar-refractivity contribution in [2.45, 2.75) is 29.5 Å². The van der Waals surface area contributed by atoms with Crippen molar-refractivity contribution in [1.29, 1.82) is 0 Å². The highest BCUT2D eigenvalue weighted by atomic mass is 32.2. The summed E-state index contributed by atoms with van der Waals surface area (Å²) in [5.41, 5.74) is 2.36. The number of hydrogen-bond donors (Lipinski definition) is 2. The second-order valence-electron chi connectivity index (χ2n) is 12.9. The minimum atomic E-state index is -0.480. The molecule has 2 saturated carbocycles. The fraction of sp³-hybridized carbons (Fsp3) is 0.324. The molecule has 4 aromatic rings. The lowest BCUT2D eigenvalue weighted by Crippen LogP contribution is -2.42. The molecule has 13 heteroatoms. The van der Waals surface area contributed by atoms with E-state index in [-0.39, 0.29) is 64.7 Å². The molecule has 11 nitrogen and oxygen atoms in total. The predicted molar refractivity (Wildman–Crippen MR) is 187 cm³/mol. The Morgan fingerprint density at radius 2 is 1.68 bits per heavy atom. The van der Waals surface area contributed by atoms with E-state index in [0.29, 0.717) is 28.4 Å². The molecular formula is C37H33N3O8S2. The maximum Gasteiger partial charge on any atom is 0.338 e. The van der Waals surface area contributed by atoms with Gasteiger partial charge in [0.1, 0.15) is 0 Å². The van der Waals surface area contributed by atoms with Gasteiger partial charge in [-0.1, -0.05) is 35.6 Å². The highest BCUT2D eigenvalue weighted by Crippen LogP contribution is 2.68. The molecule has 2 aliphatic heterocycles. The van der Waals surface area contributed by atoms with Crippen LogP contribution >= 0.6 is 23.1 Å². The van der Waals surface area contributed by atoms with E-state index >= 15 is 0 Å². The number of nitrogens with zero attached hydrogens (tertiary/aromatic N) is 1. The van der Waals surface area contributed by atoms with E-state index in [1.165, 1.54) is 23.3 Å². The molecule has 2 bridgehead atoms. The molecule has 3 aromatic carbocycles. The number of hydrogen-bond acceptors (Lipinski definition) is 10. The van der Waals surface area contributed by atoms with Crippen molar-refractivity contribution in [3.8, 4) is 11.5 Å². The number of anilines is 2. The number of carbonyl (C=O) groups is 4. The Morgan fingerprint density at radius 1 is 0.940 bits per heavy atom. The van der Waals surface area contributed by atoms with Gasteiger partial charge in [-0.2, -0.15) is 0 Å². The fourth-order valence-electron chi connectivity index (χ4n) is 8.46. The molecule has 256 valence electrons. The summed E-state index contributed by atoms with van der Waals surface area (Å²) in [7, 11) is 1.54. The Balaban J connectivity index is 1.08. The molecule has 3 fully saturated rings. The van der Waals surface area contributed by atoms with E-state index in [1.807, 2.05) is 30.3 Å². The Labute approximate surface area is 295 Å². The Morgan fingerprint density at radius 3 is 2.40 bits per heavy atom. The third kappa shape index (κ3) is 5.30. The summed E-state index contributed by atoms with van der Waals surface area (Å²) in [6.07, 6.45) is 0.745. The number of aromatic nitrogens is 1. The molecule has 3 amide bonds. The first-order valence-corrected chi connectivity index (χ1v) is 18.2. The number of imide groups is 1. The van der Waals surface area contributed by atoms with Crippen LogP contribution in [0.1, 0.15) is 40.1 Å². The zero-order valence-corrected chi connectivity index (χ0v) is 28.8. The molecule has 7 atom stereocenters. The Bertz CT molecular complexity index is 2060. The minimum absolute atomic E-state index is 0.00972. The largest absolute Gasteiger partial charge is 0.493 e. The first kappa shape index (κ1) is 32.3. The van der Waals surface area contributed by atoms with Crippen LogP contribution in [0.15, 0.2) is 82.6 Å². The number of benzene rings is 3. The summed E-state index contributed by atoms with van der Waals surface area (Å²) in [6.45, 7) is 1.76. The zero-order chi connectivity index (χ0) is 34.7. The maximum atomic E-state index is 14.1. The van der Waals surface area contributed by atoms with Crippen molar-refractivity contribution in [2.24, 2.45) is 29.6 Å². The summed E-state index contributed by atoms with van der Waals surface area (Å²) in [5, 5.41) is 3.62. The number of methoxy groups -OCH3 is 1. The van der Waals surface area contributed by atoms with Crippen LogP contribution in [-0.2, 0) is 19.1 Å². The third-order valence-electron chi connectivity index (χ3n) is 10.3. The number of thiazole rings is 1. The number of carbonyl (C=O) groups excluding carboxylic acids is 4. The van der Waals surface area contributed by atoms with Crippen LogP contribution < -0.4 is 24.6 Å². The van der Waals surface area contributed by atoms with Crippen molar-refractivity contribution in [1.82, 2.24) is 4.98 Å². The highest BCUT2D eigenvalue weighted by molar-refractivity contribution is 8.00. The van der Waals surface area contributed by atoms with Crippen LogP contribution in [-0.4, -0.2) is 54.2 Å². The molecular weight excluding hydrogens is 679 g/mol. The van der Waals surface area contributed by atoms with E-state index in [9.17, 15) is 24.0 Å². The van der Waals surface area contributed by atoms with Gasteiger partial charge in [0.2, 0.25) is 11.8 Å². The van der Waals surface area contributed by atoms with Gasteiger partial charge in [0, 0.05) is 21.7 Å². The van der Waals surface area contributed by atoms with Crippen molar-refractivity contribution >= 4 is 58.2 Å². The normalized spacial score (nSPS) is 25.9. The quantitative estimate of drug-likeness (QED) is 0.174. The van der Waals surface area contributed by atoms with Crippen LogP contribution in [0.3, 0.4) is 0 Å². The van der Waals surface area contributed by atoms with E-state index < -0.39 is 17.8 Å². The second-order valence-corrected chi connectivity index (χ2v) is 15.1. The number of esters is 1. The first-order chi connectivity index (χ1) is 24.3. The summed E-state index contributed by atoms with van der Waals surface area (Å²) in [6, 6.07) is 21.1. The van der Waals surface area contributed by atoms with Crippen LogP contribution in [0.2, 0.25) is 0 Å². The van der Waals surface area contributed by atoms with Crippen molar-refractivity contribution in [3.63, 3.8) is 0 Å². The molecule has 1 aromatic heterocycles. The molecule has 1 saturated heterocycles. The predicted octanol–water partition coefficient (Wildman–Crippen LogP) is 5.32. The number of amides is 3. The highest BCUT2D eigenvalue weighted by Gasteiger charge is 2.69. The van der Waals surface area contributed by atoms with Crippen molar-refractivity contribution in [2.75, 3.05) is 30.5 Å². The average Bonchev–Trinajstić information content (AvgIpc) is 3.86. The monoisotopic (exact) mass is 711 g/mol. The number of ether oxygens (including phenoxy) is 3. The van der Waals surface area contributed by atoms with Gasteiger partial charge >= 0.3 is 10.8 Å². The number of fused-ring (bicyclic) bond motifs is 9. The first-order valence-electron chi connectivity index (χ1n) is 16.5. The van der Waals surface area contributed by atoms with E-state index in [1.54, 1.807) is 61.2 Å². The van der Waals surface area contributed by atoms with Gasteiger partial charge < -0.3 is 24.5 Å². The van der Waals surface area contributed by atoms with Gasteiger partial charge in [0.15, 0.2) is 18.1 Å². The van der Waals surface area contributed by atoms with E-state index in [4.69, 9.17) is 14.2 Å². The summed E-state index contributed by atoms with van der Waals surface area (Å²) in [4.78, 5) is 70.7. The van der Waals surface area contributed by atoms with E-state index in [2.05, 4.69) is 10.3 Å². The summed E-state index contributed by atoms with van der Waals surface area (Å²) >= 11 is 2.79. The number of para-hydroxylation sites is 1. The Hall–Kier alpha value is -4.88. The topological polar surface area (TPSA) is 144 Å². The number of nitrogens with one attached hydrogen (secondary N) is 2. The van der Waals surface area contributed by atoms with Crippen LogP contribution in [0.4, 0.5) is 11.4 Å². The Kier molecular flexibility index (Phi) is 8.26. The molecule has 4 unspecified atom stereocenters. The molecule has 50 heavy (non-hydrogen) atoms. The van der Waals surface area contributed by atoms with Crippen LogP contribution in [0.25, 0.3) is 0 Å². The minimum Gasteiger partial charge on any atom is -0.493 e. The van der Waals surface area contributed by atoms with Crippen molar-refractivity contribution < 1.29 is 33.4 Å². The second kappa shape index (κ2) is 12.8. The molecule has 2 aliphatic carbocycles. The molecule has 8 rings (SSSR count). The molecule has 4 aliphatic rings. The number of rotatable bonds is 9. The SMILES string of the molecule is CCOC(=O)c1ccc(N2C(=O)C3C(C2=O)[C@@H]2C[C@H]3C3Sc4[nH]c(=O)sc4[C@H](c4ccc(OCC(=O)Nc5ccccc5)c(OC)c4)C32)cc1. The number of thioether (sulfide) groups is 1. The van der Waals surface area contributed by atoms with Crippen molar-refractivity contribution in [3.05, 3.63) is 98.5 Å². The van der Waals surface area contributed by atoms with E-state index in [0.717, 1.165) is 21.9 Å². The average molecular weight is 712 g/mol. The molecule has 0 spiro atoms. The lowest BCUT2D eigenvalue weighted by Gasteiger charge is -2.43. The summed E-state index contributed by atoms with van der Waals surface area (Å²) < 4.78 is 16.7. The lowest BCUT2D eigenvalue weighted by atomic mass is 9.68. The van der Waals surface area contributed by atoms with Crippen LogP contribution in [0, 0.1) is 29.6 Å².